The second-order valence-electron chi connectivity index (χ2n) is 7.88. The molecule has 4 rings (SSSR count). The molecule has 3 aliphatic rings. The highest BCUT2D eigenvalue weighted by atomic mass is 16.4. The Labute approximate surface area is 152 Å². The molecule has 8 nitrogen and oxygen atoms in total. The molecular weight excluding hydrogens is 334 g/mol. The number of rotatable bonds is 3. The third kappa shape index (κ3) is 2.87. The van der Waals surface area contributed by atoms with Crippen LogP contribution in [0.15, 0.2) is 12.1 Å². The summed E-state index contributed by atoms with van der Waals surface area (Å²) in [4.78, 5) is 28.4. The Bertz CT molecular complexity index is 703. The highest BCUT2D eigenvalue weighted by molar-refractivity contribution is 5.82. The zero-order valence-electron chi connectivity index (χ0n) is 15.0. The third-order valence-corrected chi connectivity index (χ3v) is 6.11. The lowest BCUT2D eigenvalue weighted by Crippen LogP contribution is -2.46. The summed E-state index contributed by atoms with van der Waals surface area (Å²) in [6.45, 7) is 3.53. The van der Waals surface area contributed by atoms with Crippen LogP contribution in [0.25, 0.3) is 0 Å². The number of hydrogen-bond donors (Lipinski definition) is 2. The number of carboxylic acids is 1. The normalized spacial score (nSPS) is 28.4. The van der Waals surface area contributed by atoms with Crippen molar-refractivity contribution in [2.75, 3.05) is 31.1 Å². The molecular formula is C18H25N5O3. The fourth-order valence-electron chi connectivity index (χ4n) is 4.59. The van der Waals surface area contributed by atoms with E-state index in [2.05, 4.69) is 15.5 Å². The lowest BCUT2D eigenvalue weighted by molar-refractivity contribution is -0.148. The van der Waals surface area contributed by atoms with Gasteiger partial charge in [0.25, 0.3) is 0 Å². The van der Waals surface area contributed by atoms with Crippen molar-refractivity contribution >= 4 is 17.8 Å². The average molecular weight is 359 g/mol. The molecule has 1 aromatic rings. The van der Waals surface area contributed by atoms with E-state index < -0.39 is 11.4 Å². The first-order chi connectivity index (χ1) is 12.5. The van der Waals surface area contributed by atoms with Crippen LogP contribution in [0.4, 0.5) is 10.6 Å². The predicted octanol–water partition coefficient (Wildman–Crippen LogP) is 1.26. The monoisotopic (exact) mass is 359 g/mol. The van der Waals surface area contributed by atoms with Crippen LogP contribution in [0.2, 0.25) is 0 Å². The van der Waals surface area contributed by atoms with Crippen molar-refractivity contribution < 1.29 is 14.7 Å². The maximum atomic E-state index is 12.6. The minimum Gasteiger partial charge on any atom is -0.481 e. The number of likely N-dealkylation sites (tertiary alicyclic amines) is 1. The molecule has 140 valence electrons. The Morgan fingerprint density at radius 1 is 1.19 bits per heavy atom. The van der Waals surface area contributed by atoms with E-state index in [1.165, 1.54) is 0 Å². The van der Waals surface area contributed by atoms with E-state index in [9.17, 15) is 14.7 Å². The van der Waals surface area contributed by atoms with Crippen LogP contribution in [-0.4, -0.2) is 64.4 Å². The Balaban J connectivity index is 1.47. The number of nitrogens with one attached hydrogen (secondary N) is 1. The summed E-state index contributed by atoms with van der Waals surface area (Å²) in [5, 5.41) is 21.3. The largest absolute Gasteiger partial charge is 0.481 e. The van der Waals surface area contributed by atoms with Crippen molar-refractivity contribution in [1.29, 1.82) is 0 Å². The van der Waals surface area contributed by atoms with Gasteiger partial charge in [0.15, 0.2) is 5.82 Å². The average Bonchev–Trinajstić information content (AvgIpc) is 3.29. The zero-order valence-corrected chi connectivity index (χ0v) is 15.0. The summed E-state index contributed by atoms with van der Waals surface area (Å²) in [7, 11) is 0. The standard InChI is InChI=1S/C18H25N5O3/c1-12-6-7-15(21-20-12)22-8-13-9-23(11-18(13,10-22)16(24)25)17(26)19-14-4-2-3-5-14/h6-7,13-14H,2-5,8-11H2,1H3,(H,19,26)(H,24,25)/t13-,18-/m1/s1. The van der Waals surface area contributed by atoms with Crippen molar-refractivity contribution in [2.24, 2.45) is 11.3 Å². The molecule has 8 heteroatoms. The van der Waals surface area contributed by atoms with Crippen LogP contribution in [-0.2, 0) is 4.79 Å². The van der Waals surface area contributed by atoms with E-state index >= 15 is 0 Å². The number of amides is 2. The topological polar surface area (TPSA) is 98.7 Å². The highest BCUT2D eigenvalue weighted by Crippen LogP contribution is 2.44. The molecule has 2 atom stereocenters. The number of aromatic nitrogens is 2. The van der Waals surface area contributed by atoms with Gasteiger partial charge < -0.3 is 20.2 Å². The number of nitrogens with zero attached hydrogens (tertiary/aromatic N) is 4. The van der Waals surface area contributed by atoms with Gasteiger partial charge in [0, 0.05) is 38.1 Å². The molecule has 0 radical (unpaired) electrons. The van der Waals surface area contributed by atoms with Crippen molar-refractivity contribution in [3.8, 4) is 0 Å². The van der Waals surface area contributed by atoms with Crippen molar-refractivity contribution in [3.63, 3.8) is 0 Å². The van der Waals surface area contributed by atoms with Gasteiger partial charge in [-0.3, -0.25) is 4.79 Å². The number of carbonyl (C=O) groups excluding carboxylic acids is 1. The maximum Gasteiger partial charge on any atom is 0.317 e. The molecule has 26 heavy (non-hydrogen) atoms. The van der Waals surface area contributed by atoms with Gasteiger partial charge in [-0.15, -0.1) is 5.10 Å². The molecule has 2 saturated heterocycles. The smallest absolute Gasteiger partial charge is 0.317 e. The number of hydrogen-bond acceptors (Lipinski definition) is 5. The summed E-state index contributed by atoms with van der Waals surface area (Å²) >= 11 is 0. The number of urea groups is 1. The molecule has 2 N–H and O–H groups in total. The second-order valence-corrected chi connectivity index (χ2v) is 7.88. The van der Waals surface area contributed by atoms with Crippen LogP contribution in [0, 0.1) is 18.3 Å². The Morgan fingerprint density at radius 2 is 1.96 bits per heavy atom. The quantitative estimate of drug-likeness (QED) is 0.843. The fourth-order valence-corrected chi connectivity index (χ4v) is 4.59. The molecule has 0 unspecified atom stereocenters. The molecule has 3 heterocycles. The summed E-state index contributed by atoms with van der Waals surface area (Å²) in [6.07, 6.45) is 4.35. The van der Waals surface area contributed by atoms with E-state index in [-0.39, 0.29) is 24.5 Å². The first-order valence-electron chi connectivity index (χ1n) is 9.32. The predicted molar refractivity (Wildman–Crippen MR) is 94.9 cm³/mol. The van der Waals surface area contributed by atoms with Gasteiger partial charge in [-0.05, 0) is 31.9 Å². The molecule has 0 bridgehead atoms. The maximum absolute atomic E-state index is 12.6. The SMILES string of the molecule is Cc1ccc(N2C[C@@H]3CN(C(=O)NC4CCCC4)C[C@]3(C(=O)O)C2)nn1. The van der Waals surface area contributed by atoms with Gasteiger partial charge in [0.05, 0.1) is 5.69 Å². The summed E-state index contributed by atoms with van der Waals surface area (Å²) < 4.78 is 0. The fraction of sp³-hybridized carbons (Fsp3) is 0.667. The minimum atomic E-state index is -0.931. The molecule has 2 aliphatic heterocycles. The molecule has 3 fully saturated rings. The third-order valence-electron chi connectivity index (χ3n) is 6.11. The van der Waals surface area contributed by atoms with Crippen molar-refractivity contribution in [3.05, 3.63) is 17.8 Å². The zero-order chi connectivity index (χ0) is 18.3. The van der Waals surface area contributed by atoms with Crippen LogP contribution >= 0.6 is 0 Å². The number of fused-ring (bicyclic) bond motifs is 1. The van der Waals surface area contributed by atoms with Gasteiger partial charge in [-0.2, -0.15) is 5.10 Å². The summed E-state index contributed by atoms with van der Waals surface area (Å²) in [5.74, 6) is -0.230. The number of carboxylic acid groups (broad SMARTS) is 1. The van der Waals surface area contributed by atoms with Crippen molar-refractivity contribution in [1.82, 2.24) is 20.4 Å². The molecule has 1 aromatic heterocycles. The molecule has 0 spiro atoms. The lowest BCUT2D eigenvalue weighted by Gasteiger charge is -2.26. The first kappa shape index (κ1) is 17.1. The number of aryl methyl sites for hydroxylation is 1. The lowest BCUT2D eigenvalue weighted by atomic mass is 9.81. The molecule has 2 amide bonds. The summed E-state index contributed by atoms with van der Waals surface area (Å²) in [6, 6.07) is 3.88. The Hall–Kier alpha value is -2.38. The van der Waals surface area contributed by atoms with E-state index in [0.29, 0.717) is 25.5 Å². The van der Waals surface area contributed by atoms with E-state index in [4.69, 9.17) is 0 Å². The Kier molecular flexibility index (Phi) is 4.20. The number of aliphatic carboxylic acids is 1. The summed E-state index contributed by atoms with van der Waals surface area (Å²) in [5.41, 5.74) is -0.101. The number of anilines is 1. The second kappa shape index (κ2) is 6.41. The van der Waals surface area contributed by atoms with Crippen LogP contribution in [0.5, 0.6) is 0 Å². The Morgan fingerprint density at radius 3 is 2.58 bits per heavy atom. The van der Waals surface area contributed by atoms with E-state index in [1.54, 1.807) is 4.90 Å². The number of carbonyl (C=O) groups is 2. The van der Waals surface area contributed by atoms with Gasteiger partial charge in [-0.25, -0.2) is 4.79 Å². The van der Waals surface area contributed by atoms with Crippen LogP contribution in [0.3, 0.4) is 0 Å². The van der Waals surface area contributed by atoms with Crippen LogP contribution in [0.1, 0.15) is 31.4 Å². The van der Waals surface area contributed by atoms with Crippen LogP contribution < -0.4 is 10.2 Å². The van der Waals surface area contributed by atoms with Gasteiger partial charge >= 0.3 is 12.0 Å². The first-order valence-corrected chi connectivity index (χ1v) is 9.32. The van der Waals surface area contributed by atoms with E-state index in [1.807, 2.05) is 24.0 Å². The van der Waals surface area contributed by atoms with Gasteiger partial charge in [0.2, 0.25) is 0 Å². The molecule has 0 aromatic carbocycles. The molecule has 1 aliphatic carbocycles. The minimum absolute atomic E-state index is 0.0996. The molecule has 1 saturated carbocycles. The van der Waals surface area contributed by atoms with Gasteiger partial charge in [-0.1, -0.05) is 12.8 Å². The van der Waals surface area contributed by atoms with Gasteiger partial charge in [0.1, 0.15) is 5.41 Å². The highest BCUT2D eigenvalue weighted by Gasteiger charge is 2.59. The van der Waals surface area contributed by atoms with E-state index in [0.717, 1.165) is 31.4 Å². The van der Waals surface area contributed by atoms with Crippen molar-refractivity contribution in [2.45, 2.75) is 38.6 Å².